The second-order valence-electron chi connectivity index (χ2n) is 3.98. The molecule has 0 unspecified atom stereocenters. The van der Waals surface area contributed by atoms with Gasteiger partial charge < -0.3 is 0 Å². The first-order valence-electron chi connectivity index (χ1n) is 5.55. The van der Waals surface area contributed by atoms with Gasteiger partial charge in [0.2, 0.25) is 0 Å². The van der Waals surface area contributed by atoms with Crippen LogP contribution in [0.5, 0.6) is 0 Å². The SMILES string of the molecule is Cc1c(Cl)nc2ncnn2c1Sc1cc(Cl)ccc1Cl. The van der Waals surface area contributed by atoms with Crippen molar-refractivity contribution in [2.24, 2.45) is 0 Å². The van der Waals surface area contributed by atoms with Crippen LogP contribution >= 0.6 is 46.6 Å². The third-order valence-corrected chi connectivity index (χ3v) is 4.93. The van der Waals surface area contributed by atoms with Crippen molar-refractivity contribution >= 4 is 52.3 Å². The average molecular weight is 346 g/mol. The Labute approximate surface area is 134 Å². The molecule has 1 aromatic carbocycles. The predicted octanol–water partition coefficient (Wildman–Crippen LogP) is 4.54. The van der Waals surface area contributed by atoms with E-state index in [-0.39, 0.29) is 0 Å². The van der Waals surface area contributed by atoms with Gasteiger partial charge in [0, 0.05) is 15.5 Å². The first-order chi connectivity index (χ1) is 9.56. The van der Waals surface area contributed by atoms with Crippen LogP contribution in [0.4, 0.5) is 0 Å². The van der Waals surface area contributed by atoms with Crippen molar-refractivity contribution in [3.8, 4) is 0 Å². The van der Waals surface area contributed by atoms with Crippen LogP contribution in [0.3, 0.4) is 0 Å². The van der Waals surface area contributed by atoms with Crippen LogP contribution in [0.25, 0.3) is 5.78 Å². The Kier molecular flexibility index (Phi) is 3.77. The van der Waals surface area contributed by atoms with Gasteiger partial charge >= 0.3 is 0 Å². The Morgan fingerprint density at radius 3 is 2.80 bits per heavy atom. The van der Waals surface area contributed by atoms with Gasteiger partial charge in [0.15, 0.2) is 0 Å². The molecule has 4 nitrogen and oxygen atoms in total. The summed E-state index contributed by atoms with van der Waals surface area (Å²) in [7, 11) is 0. The van der Waals surface area contributed by atoms with E-state index in [0.29, 0.717) is 21.0 Å². The largest absolute Gasteiger partial charge is 0.254 e. The molecule has 2 heterocycles. The van der Waals surface area contributed by atoms with E-state index in [4.69, 9.17) is 34.8 Å². The van der Waals surface area contributed by atoms with Gasteiger partial charge in [0.05, 0.1) is 5.02 Å². The summed E-state index contributed by atoms with van der Waals surface area (Å²) in [5.74, 6) is 0.446. The number of rotatable bonds is 2. The molecule has 0 radical (unpaired) electrons. The lowest BCUT2D eigenvalue weighted by Crippen LogP contribution is -1.99. The number of aromatic nitrogens is 4. The summed E-state index contributed by atoms with van der Waals surface area (Å²) in [5.41, 5.74) is 0.811. The lowest BCUT2D eigenvalue weighted by molar-refractivity contribution is 0.825. The van der Waals surface area contributed by atoms with Crippen molar-refractivity contribution in [2.45, 2.75) is 16.8 Å². The van der Waals surface area contributed by atoms with Gasteiger partial charge in [-0.2, -0.15) is 19.6 Å². The van der Waals surface area contributed by atoms with E-state index < -0.39 is 0 Å². The highest BCUT2D eigenvalue weighted by Gasteiger charge is 2.15. The Morgan fingerprint density at radius 1 is 1.20 bits per heavy atom. The molecule has 102 valence electrons. The number of hydrogen-bond acceptors (Lipinski definition) is 4. The topological polar surface area (TPSA) is 43.1 Å². The zero-order valence-corrected chi connectivity index (χ0v) is 13.2. The van der Waals surface area contributed by atoms with Crippen LogP contribution < -0.4 is 0 Å². The summed E-state index contributed by atoms with van der Waals surface area (Å²) in [4.78, 5) is 9.03. The molecule has 2 aromatic heterocycles. The number of hydrogen-bond donors (Lipinski definition) is 0. The fourth-order valence-electron chi connectivity index (χ4n) is 1.65. The monoisotopic (exact) mass is 344 g/mol. The summed E-state index contributed by atoms with van der Waals surface area (Å²) < 4.78 is 1.63. The fraction of sp³-hybridized carbons (Fsp3) is 0.0833. The van der Waals surface area contributed by atoms with Crippen LogP contribution in [0, 0.1) is 6.92 Å². The van der Waals surface area contributed by atoms with Crippen molar-refractivity contribution in [1.82, 2.24) is 19.6 Å². The Morgan fingerprint density at radius 2 is 2.00 bits per heavy atom. The predicted molar refractivity (Wildman–Crippen MR) is 81.1 cm³/mol. The molecule has 0 saturated carbocycles. The summed E-state index contributed by atoms with van der Waals surface area (Å²) >= 11 is 19.7. The van der Waals surface area contributed by atoms with Crippen LogP contribution in [0.1, 0.15) is 5.56 Å². The zero-order chi connectivity index (χ0) is 14.3. The highest BCUT2D eigenvalue weighted by Crippen LogP contribution is 2.37. The van der Waals surface area contributed by atoms with Crippen molar-refractivity contribution < 1.29 is 0 Å². The molecule has 8 heteroatoms. The van der Waals surface area contributed by atoms with Crippen LogP contribution in [-0.2, 0) is 0 Å². The van der Waals surface area contributed by atoms with Gasteiger partial charge in [-0.3, -0.25) is 0 Å². The van der Waals surface area contributed by atoms with Crippen molar-refractivity contribution in [2.75, 3.05) is 0 Å². The van der Waals surface area contributed by atoms with Crippen LogP contribution in [0.15, 0.2) is 34.4 Å². The maximum atomic E-state index is 6.19. The van der Waals surface area contributed by atoms with Crippen LogP contribution in [-0.4, -0.2) is 19.6 Å². The van der Waals surface area contributed by atoms with Crippen molar-refractivity contribution in [3.63, 3.8) is 0 Å². The third-order valence-electron chi connectivity index (χ3n) is 2.65. The number of fused-ring (bicyclic) bond motifs is 1. The lowest BCUT2D eigenvalue weighted by atomic mass is 10.4. The molecular formula is C12H7Cl3N4S. The third kappa shape index (κ3) is 2.46. The molecule has 3 aromatic rings. The zero-order valence-electron chi connectivity index (χ0n) is 10.1. The molecular weight excluding hydrogens is 339 g/mol. The number of benzene rings is 1. The van der Waals surface area contributed by atoms with Gasteiger partial charge in [-0.25, -0.2) is 0 Å². The molecule has 0 fully saturated rings. The van der Waals surface area contributed by atoms with Gasteiger partial charge in [-0.05, 0) is 25.1 Å². The van der Waals surface area contributed by atoms with Gasteiger partial charge in [-0.15, -0.1) is 0 Å². The molecule has 0 saturated heterocycles. The summed E-state index contributed by atoms with van der Waals surface area (Å²) in [5, 5.41) is 6.58. The van der Waals surface area contributed by atoms with E-state index in [2.05, 4.69) is 15.1 Å². The standard InChI is InChI=1S/C12H7Cl3N4S/c1-6-10(15)18-12-16-5-17-19(12)11(6)20-9-4-7(13)2-3-8(9)14/h2-5H,1H3. The molecule has 0 bridgehead atoms. The maximum Gasteiger partial charge on any atom is 0.254 e. The fourth-order valence-corrected chi connectivity index (χ4v) is 3.37. The van der Waals surface area contributed by atoms with E-state index >= 15 is 0 Å². The molecule has 0 spiro atoms. The summed E-state index contributed by atoms with van der Waals surface area (Å²) in [6, 6.07) is 5.29. The molecule has 20 heavy (non-hydrogen) atoms. The minimum absolute atomic E-state index is 0.395. The van der Waals surface area contributed by atoms with Gasteiger partial charge in [0.1, 0.15) is 16.5 Å². The minimum Gasteiger partial charge on any atom is -0.199 e. The van der Waals surface area contributed by atoms with Crippen molar-refractivity contribution in [1.29, 1.82) is 0 Å². The molecule has 0 N–H and O–H groups in total. The highest BCUT2D eigenvalue weighted by molar-refractivity contribution is 7.99. The minimum atomic E-state index is 0.395. The van der Waals surface area contributed by atoms with E-state index in [1.54, 1.807) is 22.7 Å². The van der Waals surface area contributed by atoms with E-state index in [9.17, 15) is 0 Å². The summed E-state index contributed by atoms with van der Waals surface area (Å²) in [6.07, 6.45) is 1.43. The maximum absolute atomic E-state index is 6.19. The van der Waals surface area contributed by atoms with E-state index in [0.717, 1.165) is 15.5 Å². The molecule has 0 atom stereocenters. The first kappa shape index (κ1) is 13.9. The van der Waals surface area contributed by atoms with E-state index in [1.165, 1.54) is 18.1 Å². The van der Waals surface area contributed by atoms with Crippen molar-refractivity contribution in [3.05, 3.63) is 45.3 Å². The Hall–Kier alpha value is -1.01. The summed E-state index contributed by atoms with van der Waals surface area (Å²) in [6.45, 7) is 1.87. The second kappa shape index (κ2) is 5.41. The Balaban J connectivity index is 2.17. The smallest absolute Gasteiger partial charge is 0.199 e. The first-order valence-corrected chi connectivity index (χ1v) is 7.50. The molecule has 3 rings (SSSR count). The van der Waals surface area contributed by atoms with Gasteiger partial charge in [0.25, 0.3) is 5.78 Å². The van der Waals surface area contributed by atoms with E-state index in [1.807, 2.05) is 6.92 Å². The highest BCUT2D eigenvalue weighted by atomic mass is 35.5. The Bertz CT molecular complexity index is 803. The second-order valence-corrected chi connectivity index (χ2v) is 6.21. The molecule has 0 aliphatic heterocycles. The normalized spacial score (nSPS) is 11.2. The molecule has 0 amide bonds. The number of halogens is 3. The quantitative estimate of drug-likeness (QED) is 0.639. The average Bonchev–Trinajstić information content (AvgIpc) is 2.86. The molecule has 0 aliphatic rings. The van der Waals surface area contributed by atoms with Gasteiger partial charge in [-0.1, -0.05) is 46.6 Å². The lowest BCUT2D eigenvalue weighted by Gasteiger charge is -2.10. The van der Waals surface area contributed by atoms with Crippen LogP contribution in [0.2, 0.25) is 15.2 Å². The number of nitrogens with zero attached hydrogens (tertiary/aromatic N) is 4. The molecule has 0 aliphatic carbocycles.